The van der Waals surface area contributed by atoms with Gasteiger partial charge in [0.1, 0.15) is 0 Å². The van der Waals surface area contributed by atoms with E-state index in [1.807, 2.05) is 13.0 Å². The van der Waals surface area contributed by atoms with Crippen LogP contribution in [-0.2, 0) is 0 Å². The Labute approximate surface area is 107 Å². The van der Waals surface area contributed by atoms with Gasteiger partial charge in [0.25, 0.3) is 0 Å². The summed E-state index contributed by atoms with van der Waals surface area (Å²) in [5, 5.41) is 0. The molecule has 1 aromatic heterocycles. The summed E-state index contributed by atoms with van der Waals surface area (Å²) in [7, 11) is 0. The van der Waals surface area contributed by atoms with Gasteiger partial charge in [-0.2, -0.15) is 0 Å². The molecule has 1 aromatic carbocycles. The van der Waals surface area contributed by atoms with E-state index >= 15 is 0 Å². The molecule has 0 fully saturated rings. The van der Waals surface area contributed by atoms with Gasteiger partial charge in [0.2, 0.25) is 0 Å². The Balaban J connectivity index is 2.72. The van der Waals surface area contributed by atoms with E-state index < -0.39 is 0 Å². The first-order chi connectivity index (χ1) is 7.97. The number of aromatic nitrogens is 2. The van der Waals surface area contributed by atoms with E-state index in [0.29, 0.717) is 4.77 Å². The van der Waals surface area contributed by atoms with Crippen LogP contribution in [0.1, 0.15) is 22.4 Å². The molecule has 0 aliphatic rings. The van der Waals surface area contributed by atoms with Crippen LogP contribution >= 0.6 is 12.2 Å². The molecule has 0 amide bonds. The fourth-order valence-corrected chi connectivity index (χ4v) is 2.55. The minimum Gasteiger partial charge on any atom is -0.335 e. The molecule has 1 heterocycles. The Morgan fingerprint density at radius 1 is 1.00 bits per heavy atom. The van der Waals surface area contributed by atoms with Crippen molar-refractivity contribution in [2.75, 3.05) is 0 Å². The molecule has 3 heteroatoms. The summed E-state index contributed by atoms with van der Waals surface area (Å²) < 4.78 is 0.541. The number of benzene rings is 1. The molecule has 0 aliphatic carbocycles. The standard InChI is InChI=1S/C14H16N2S/c1-8-5-9(2)13(10(3)6-8)12-7-11(4)15-14(17)16-12/h5-7H,1-4H3,(H,15,16,17). The Morgan fingerprint density at radius 2 is 1.59 bits per heavy atom. The Kier molecular flexibility index (Phi) is 3.11. The van der Waals surface area contributed by atoms with Crippen molar-refractivity contribution in [1.29, 1.82) is 0 Å². The number of hydrogen-bond donors (Lipinski definition) is 1. The highest BCUT2D eigenvalue weighted by Gasteiger charge is 2.08. The van der Waals surface area contributed by atoms with Crippen LogP contribution in [0.4, 0.5) is 0 Å². The van der Waals surface area contributed by atoms with E-state index in [2.05, 4.69) is 42.9 Å². The monoisotopic (exact) mass is 244 g/mol. The lowest BCUT2D eigenvalue weighted by Crippen LogP contribution is -1.95. The summed E-state index contributed by atoms with van der Waals surface area (Å²) in [5.74, 6) is 0. The molecular weight excluding hydrogens is 228 g/mol. The second-order valence-electron chi connectivity index (χ2n) is 4.53. The summed E-state index contributed by atoms with van der Waals surface area (Å²) in [6.45, 7) is 8.35. The molecule has 1 N–H and O–H groups in total. The van der Waals surface area contributed by atoms with Crippen LogP contribution in [0.3, 0.4) is 0 Å². The van der Waals surface area contributed by atoms with E-state index in [1.165, 1.54) is 22.3 Å². The summed E-state index contributed by atoms with van der Waals surface area (Å²) in [6, 6.07) is 6.40. The van der Waals surface area contributed by atoms with Crippen LogP contribution in [0.5, 0.6) is 0 Å². The zero-order valence-electron chi connectivity index (χ0n) is 10.6. The first-order valence-electron chi connectivity index (χ1n) is 5.63. The summed E-state index contributed by atoms with van der Waals surface area (Å²) >= 11 is 5.13. The van der Waals surface area contributed by atoms with Crippen molar-refractivity contribution in [2.45, 2.75) is 27.7 Å². The number of nitrogens with one attached hydrogen (secondary N) is 1. The Morgan fingerprint density at radius 3 is 2.12 bits per heavy atom. The highest BCUT2D eigenvalue weighted by Crippen LogP contribution is 2.26. The summed E-state index contributed by atoms with van der Waals surface area (Å²) in [4.78, 5) is 7.45. The van der Waals surface area contributed by atoms with E-state index in [-0.39, 0.29) is 0 Å². The molecule has 0 unspecified atom stereocenters. The fourth-order valence-electron chi connectivity index (χ4n) is 2.29. The quantitative estimate of drug-likeness (QED) is 0.767. The van der Waals surface area contributed by atoms with Crippen molar-refractivity contribution in [3.05, 3.63) is 45.4 Å². The number of aromatic amines is 1. The molecule has 2 rings (SSSR count). The van der Waals surface area contributed by atoms with Crippen LogP contribution in [0.25, 0.3) is 11.3 Å². The van der Waals surface area contributed by atoms with Crippen molar-refractivity contribution >= 4 is 12.2 Å². The summed E-state index contributed by atoms with van der Waals surface area (Å²) in [6.07, 6.45) is 0. The van der Waals surface area contributed by atoms with Gasteiger partial charge in [-0.3, -0.25) is 0 Å². The maximum absolute atomic E-state index is 5.13. The first kappa shape index (κ1) is 12.0. The van der Waals surface area contributed by atoms with Crippen molar-refractivity contribution in [2.24, 2.45) is 0 Å². The number of nitrogens with zero attached hydrogens (tertiary/aromatic N) is 1. The highest BCUT2D eigenvalue weighted by atomic mass is 32.1. The highest BCUT2D eigenvalue weighted by molar-refractivity contribution is 7.71. The first-order valence-corrected chi connectivity index (χ1v) is 6.04. The third kappa shape index (κ3) is 2.44. The zero-order valence-corrected chi connectivity index (χ0v) is 11.4. The molecule has 2 aromatic rings. The molecule has 0 saturated heterocycles. The molecule has 0 aliphatic heterocycles. The lowest BCUT2D eigenvalue weighted by molar-refractivity contribution is 1.07. The van der Waals surface area contributed by atoms with E-state index in [1.54, 1.807) is 0 Å². The second-order valence-corrected chi connectivity index (χ2v) is 4.91. The van der Waals surface area contributed by atoms with Gasteiger partial charge in [-0.15, -0.1) is 0 Å². The van der Waals surface area contributed by atoms with Crippen molar-refractivity contribution < 1.29 is 0 Å². The van der Waals surface area contributed by atoms with Gasteiger partial charge in [-0.25, -0.2) is 4.98 Å². The van der Waals surface area contributed by atoms with Gasteiger partial charge in [0, 0.05) is 11.3 Å². The third-order valence-electron chi connectivity index (χ3n) is 2.81. The molecule has 0 atom stereocenters. The number of aryl methyl sites for hydroxylation is 4. The smallest absolute Gasteiger partial charge is 0.197 e. The molecule has 0 bridgehead atoms. The zero-order chi connectivity index (χ0) is 12.6. The fraction of sp³-hybridized carbons (Fsp3) is 0.286. The van der Waals surface area contributed by atoms with E-state index in [4.69, 9.17) is 12.2 Å². The number of H-pyrrole nitrogens is 1. The Bertz CT molecular complexity index is 603. The van der Waals surface area contributed by atoms with Crippen LogP contribution in [0.2, 0.25) is 0 Å². The van der Waals surface area contributed by atoms with Crippen LogP contribution in [0, 0.1) is 32.5 Å². The third-order valence-corrected chi connectivity index (χ3v) is 3.01. The largest absolute Gasteiger partial charge is 0.335 e. The van der Waals surface area contributed by atoms with Gasteiger partial charge in [-0.1, -0.05) is 17.7 Å². The van der Waals surface area contributed by atoms with Gasteiger partial charge < -0.3 is 4.98 Å². The van der Waals surface area contributed by atoms with Crippen molar-refractivity contribution in [1.82, 2.24) is 9.97 Å². The molecule has 0 radical (unpaired) electrons. The van der Waals surface area contributed by atoms with E-state index in [0.717, 1.165) is 11.4 Å². The minimum atomic E-state index is 0.541. The predicted octanol–water partition coefficient (Wildman–Crippen LogP) is 4.04. The average molecular weight is 244 g/mol. The SMILES string of the molecule is Cc1cc(C)c(-c2cc(C)[nH]c(=S)n2)c(C)c1. The van der Waals surface area contributed by atoms with Crippen molar-refractivity contribution in [3.8, 4) is 11.3 Å². The lowest BCUT2D eigenvalue weighted by atomic mass is 9.97. The van der Waals surface area contributed by atoms with Crippen LogP contribution in [-0.4, -0.2) is 9.97 Å². The minimum absolute atomic E-state index is 0.541. The Hall–Kier alpha value is -1.48. The number of hydrogen-bond acceptors (Lipinski definition) is 2. The predicted molar refractivity (Wildman–Crippen MR) is 73.8 cm³/mol. The number of rotatable bonds is 1. The topological polar surface area (TPSA) is 28.7 Å². The van der Waals surface area contributed by atoms with Gasteiger partial charge in [0.05, 0.1) is 5.69 Å². The van der Waals surface area contributed by atoms with Gasteiger partial charge in [0.15, 0.2) is 4.77 Å². The van der Waals surface area contributed by atoms with Gasteiger partial charge >= 0.3 is 0 Å². The van der Waals surface area contributed by atoms with Crippen LogP contribution in [0.15, 0.2) is 18.2 Å². The van der Waals surface area contributed by atoms with Gasteiger partial charge in [-0.05, 0) is 57.1 Å². The van der Waals surface area contributed by atoms with Crippen molar-refractivity contribution in [3.63, 3.8) is 0 Å². The summed E-state index contributed by atoms with van der Waals surface area (Å²) in [5.41, 5.74) is 6.96. The molecule has 88 valence electrons. The normalized spacial score (nSPS) is 10.6. The van der Waals surface area contributed by atoms with E-state index in [9.17, 15) is 0 Å². The molecule has 0 saturated carbocycles. The molecule has 0 spiro atoms. The second kappa shape index (κ2) is 4.41. The lowest BCUT2D eigenvalue weighted by Gasteiger charge is -2.11. The maximum Gasteiger partial charge on any atom is 0.197 e. The maximum atomic E-state index is 5.13. The molecular formula is C14H16N2S. The molecule has 2 nitrogen and oxygen atoms in total. The average Bonchev–Trinajstić information content (AvgIpc) is 2.13. The van der Waals surface area contributed by atoms with Crippen LogP contribution < -0.4 is 0 Å². The molecule has 17 heavy (non-hydrogen) atoms.